The molecule has 1 aliphatic rings. The van der Waals surface area contributed by atoms with Crippen LogP contribution in [-0.4, -0.2) is 25.0 Å². The number of hydrogen-bond donors (Lipinski definition) is 3. The second-order valence-electron chi connectivity index (χ2n) is 4.65. The Morgan fingerprint density at radius 2 is 1.81 bits per heavy atom. The molecule has 1 fully saturated rings. The number of rotatable bonds is 4. The van der Waals surface area contributed by atoms with Gasteiger partial charge in [0.05, 0.1) is 6.54 Å². The molecule has 3 amide bonds. The maximum absolute atomic E-state index is 11.3. The molecule has 0 heterocycles. The summed E-state index contributed by atoms with van der Waals surface area (Å²) in [7, 11) is 0. The summed E-state index contributed by atoms with van der Waals surface area (Å²) in [6, 6.07) is -0.665. The van der Waals surface area contributed by atoms with Crippen LogP contribution in [0.25, 0.3) is 0 Å². The van der Waals surface area contributed by atoms with E-state index in [9.17, 15) is 9.59 Å². The first-order chi connectivity index (χ1) is 7.58. The zero-order valence-electron chi connectivity index (χ0n) is 9.79. The molecule has 0 aromatic carbocycles. The van der Waals surface area contributed by atoms with Crippen molar-refractivity contribution >= 4 is 11.9 Å². The number of nitrogens with two attached hydrogens (primary N) is 1. The van der Waals surface area contributed by atoms with Gasteiger partial charge in [0.1, 0.15) is 0 Å². The van der Waals surface area contributed by atoms with E-state index in [1.54, 1.807) is 0 Å². The van der Waals surface area contributed by atoms with E-state index in [1.807, 2.05) is 0 Å². The summed E-state index contributed by atoms with van der Waals surface area (Å²) in [6.45, 7) is 2.95. The third-order valence-corrected chi connectivity index (χ3v) is 3.15. The lowest BCUT2D eigenvalue weighted by molar-refractivity contribution is -0.120. The Hall–Kier alpha value is -1.26. The Morgan fingerprint density at radius 1 is 1.19 bits per heavy atom. The topological polar surface area (TPSA) is 84.2 Å². The van der Waals surface area contributed by atoms with Gasteiger partial charge in [0.2, 0.25) is 5.91 Å². The second kappa shape index (κ2) is 6.35. The highest BCUT2D eigenvalue weighted by molar-refractivity contribution is 5.83. The van der Waals surface area contributed by atoms with Crippen molar-refractivity contribution < 1.29 is 9.59 Å². The van der Waals surface area contributed by atoms with Gasteiger partial charge in [-0.25, -0.2) is 4.79 Å². The molecule has 0 aromatic heterocycles. The molecule has 0 spiro atoms. The van der Waals surface area contributed by atoms with Gasteiger partial charge in [-0.3, -0.25) is 4.79 Å². The summed E-state index contributed by atoms with van der Waals surface area (Å²) in [4.78, 5) is 21.6. The van der Waals surface area contributed by atoms with E-state index in [0.717, 1.165) is 5.92 Å². The monoisotopic (exact) mass is 227 g/mol. The lowest BCUT2D eigenvalue weighted by atomic mass is 9.83. The fourth-order valence-corrected chi connectivity index (χ4v) is 2.02. The van der Waals surface area contributed by atoms with Gasteiger partial charge in [0, 0.05) is 6.54 Å². The van der Waals surface area contributed by atoms with E-state index >= 15 is 0 Å². The first-order valence-electron chi connectivity index (χ1n) is 5.88. The summed E-state index contributed by atoms with van der Waals surface area (Å²) >= 11 is 0. The minimum atomic E-state index is -0.665. The number of carbonyl (C=O) groups excluding carboxylic acids is 2. The molecule has 1 saturated carbocycles. The van der Waals surface area contributed by atoms with Gasteiger partial charge < -0.3 is 16.4 Å². The fraction of sp³-hybridized carbons (Fsp3) is 0.818. The van der Waals surface area contributed by atoms with Gasteiger partial charge in [-0.15, -0.1) is 0 Å². The molecule has 4 N–H and O–H groups in total. The summed E-state index contributed by atoms with van der Waals surface area (Å²) < 4.78 is 0. The SMILES string of the molecule is CC1CCC(CNC(=O)CNC(N)=O)CC1. The number of primary amides is 1. The Labute approximate surface area is 96.1 Å². The number of hydrogen-bond acceptors (Lipinski definition) is 2. The van der Waals surface area contributed by atoms with Gasteiger partial charge in [-0.05, 0) is 24.7 Å². The van der Waals surface area contributed by atoms with Crippen molar-refractivity contribution in [1.82, 2.24) is 10.6 Å². The standard InChI is InChI=1S/C11H21N3O2/c1-8-2-4-9(5-3-8)6-13-10(15)7-14-11(12)16/h8-9H,2-7H2,1H3,(H,13,15)(H3,12,14,16). The predicted molar refractivity (Wildman–Crippen MR) is 61.7 cm³/mol. The predicted octanol–water partition coefficient (Wildman–Crippen LogP) is 0.597. The van der Waals surface area contributed by atoms with Crippen molar-refractivity contribution in [2.75, 3.05) is 13.1 Å². The maximum Gasteiger partial charge on any atom is 0.312 e. The van der Waals surface area contributed by atoms with Gasteiger partial charge in [0.25, 0.3) is 0 Å². The molecule has 92 valence electrons. The van der Waals surface area contributed by atoms with Crippen molar-refractivity contribution in [3.05, 3.63) is 0 Å². The highest BCUT2D eigenvalue weighted by Gasteiger charge is 2.18. The first-order valence-corrected chi connectivity index (χ1v) is 5.88. The lowest BCUT2D eigenvalue weighted by Crippen LogP contribution is -2.41. The Kier molecular flexibility index (Phi) is 5.08. The van der Waals surface area contributed by atoms with Gasteiger partial charge >= 0.3 is 6.03 Å². The Bertz CT molecular complexity index is 248. The average molecular weight is 227 g/mol. The number of carbonyl (C=O) groups is 2. The molecule has 5 nitrogen and oxygen atoms in total. The molecular formula is C11H21N3O2. The Morgan fingerprint density at radius 3 is 2.38 bits per heavy atom. The number of urea groups is 1. The van der Waals surface area contributed by atoms with E-state index in [0.29, 0.717) is 12.5 Å². The van der Waals surface area contributed by atoms with Crippen molar-refractivity contribution in [2.45, 2.75) is 32.6 Å². The normalized spacial score (nSPS) is 24.8. The molecule has 0 unspecified atom stereocenters. The molecule has 0 radical (unpaired) electrons. The third kappa shape index (κ3) is 5.00. The zero-order chi connectivity index (χ0) is 12.0. The zero-order valence-corrected chi connectivity index (χ0v) is 9.79. The molecule has 16 heavy (non-hydrogen) atoms. The van der Waals surface area contributed by atoms with Crippen LogP contribution in [-0.2, 0) is 4.79 Å². The van der Waals surface area contributed by atoms with Crippen LogP contribution in [0, 0.1) is 11.8 Å². The Balaban J connectivity index is 2.09. The van der Waals surface area contributed by atoms with Crippen molar-refractivity contribution in [3.63, 3.8) is 0 Å². The van der Waals surface area contributed by atoms with Gasteiger partial charge in [0.15, 0.2) is 0 Å². The van der Waals surface area contributed by atoms with E-state index in [-0.39, 0.29) is 12.5 Å². The number of amides is 3. The van der Waals surface area contributed by atoms with Crippen molar-refractivity contribution in [3.8, 4) is 0 Å². The van der Waals surface area contributed by atoms with E-state index in [2.05, 4.69) is 17.6 Å². The van der Waals surface area contributed by atoms with Crippen LogP contribution >= 0.6 is 0 Å². The number of nitrogens with one attached hydrogen (secondary N) is 2. The third-order valence-electron chi connectivity index (χ3n) is 3.15. The summed E-state index contributed by atoms with van der Waals surface area (Å²) in [5.41, 5.74) is 4.86. The molecular weight excluding hydrogens is 206 g/mol. The summed E-state index contributed by atoms with van der Waals surface area (Å²) in [5, 5.41) is 5.08. The molecule has 0 aliphatic heterocycles. The molecule has 1 aliphatic carbocycles. The van der Waals surface area contributed by atoms with Crippen LogP contribution in [0.5, 0.6) is 0 Å². The molecule has 1 rings (SSSR count). The van der Waals surface area contributed by atoms with Crippen molar-refractivity contribution in [1.29, 1.82) is 0 Å². The molecule has 0 bridgehead atoms. The molecule has 0 aromatic rings. The highest BCUT2D eigenvalue weighted by atomic mass is 16.2. The van der Waals surface area contributed by atoms with Gasteiger partial charge in [-0.1, -0.05) is 19.8 Å². The molecule has 5 heteroatoms. The minimum absolute atomic E-state index is 0.0293. The van der Waals surface area contributed by atoms with Crippen LogP contribution in [0.15, 0.2) is 0 Å². The molecule has 0 saturated heterocycles. The lowest BCUT2D eigenvalue weighted by Gasteiger charge is -2.26. The highest BCUT2D eigenvalue weighted by Crippen LogP contribution is 2.27. The average Bonchev–Trinajstić information content (AvgIpc) is 2.25. The van der Waals surface area contributed by atoms with Crippen molar-refractivity contribution in [2.24, 2.45) is 17.6 Å². The van der Waals surface area contributed by atoms with Crippen LogP contribution in [0.4, 0.5) is 4.79 Å². The second-order valence-corrected chi connectivity index (χ2v) is 4.65. The fourth-order valence-electron chi connectivity index (χ4n) is 2.02. The molecule has 0 atom stereocenters. The van der Waals surface area contributed by atoms with Gasteiger partial charge in [-0.2, -0.15) is 0 Å². The van der Waals surface area contributed by atoms with Crippen LogP contribution < -0.4 is 16.4 Å². The van der Waals surface area contributed by atoms with E-state index in [4.69, 9.17) is 5.73 Å². The van der Waals surface area contributed by atoms with Crippen LogP contribution in [0.3, 0.4) is 0 Å². The summed E-state index contributed by atoms with van der Waals surface area (Å²) in [5.74, 6) is 1.25. The van der Waals surface area contributed by atoms with Crippen LogP contribution in [0.1, 0.15) is 32.6 Å². The van der Waals surface area contributed by atoms with Crippen LogP contribution in [0.2, 0.25) is 0 Å². The van der Waals surface area contributed by atoms with E-state index in [1.165, 1.54) is 25.7 Å². The smallest absolute Gasteiger partial charge is 0.312 e. The summed E-state index contributed by atoms with van der Waals surface area (Å²) in [6.07, 6.45) is 4.87. The van der Waals surface area contributed by atoms with E-state index < -0.39 is 6.03 Å². The maximum atomic E-state index is 11.3. The first kappa shape index (κ1) is 12.8. The quantitative estimate of drug-likeness (QED) is 0.657. The largest absolute Gasteiger partial charge is 0.354 e. The minimum Gasteiger partial charge on any atom is -0.354 e.